The average molecular weight is 369 g/mol. The van der Waals surface area contributed by atoms with E-state index < -0.39 is 0 Å². The van der Waals surface area contributed by atoms with Crippen molar-refractivity contribution in [3.63, 3.8) is 0 Å². The highest BCUT2D eigenvalue weighted by atomic mass is 16.5. The first-order chi connectivity index (χ1) is 13.2. The van der Waals surface area contributed by atoms with E-state index in [1.807, 2.05) is 18.2 Å². The lowest BCUT2D eigenvalue weighted by Crippen LogP contribution is -2.19. The van der Waals surface area contributed by atoms with Crippen LogP contribution in [-0.4, -0.2) is 25.8 Å². The number of nitrogens with two attached hydrogens (primary N) is 1. The van der Waals surface area contributed by atoms with Gasteiger partial charge in [0.2, 0.25) is 0 Å². The molecule has 0 spiro atoms. The molecule has 0 heterocycles. The van der Waals surface area contributed by atoms with E-state index in [0.717, 1.165) is 18.4 Å². The van der Waals surface area contributed by atoms with Crippen molar-refractivity contribution in [2.24, 2.45) is 5.10 Å². The number of ether oxygens (including phenoxy) is 2. The number of hydrogen-bond acceptors (Lipinski definition) is 5. The maximum atomic E-state index is 12.1. The van der Waals surface area contributed by atoms with Gasteiger partial charge in [-0.2, -0.15) is 5.10 Å². The summed E-state index contributed by atoms with van der Waals surface area (Å²) in [6.07, 6.45) is 6.15. The van der Waals surface area contributed by atoms with E-state index in [1.54, 1.807) is 37.6 Å². The number of nitrogens with one attached hydrogen (secondary N) is 1. The molecular weight excluding hydrogens is 342 g/mol. The third-order valence-electron chi connectivity index (χ3n) is 4.03. The van der Waals surface area contributed by atoms with Gasteiger partial charge in [-0.15, -0.1) is 0 Å². The Labute approximate surface area is 160 Å². The summed E-state index contributed by atoms with van der Waals surface area (Å²) in [5.41, 5.74) is 9.84. The Morgan fingerprint density at radius 1 is 1.15 bits per heavy atom. The van der Waals surface area contributed by atoms with Gasteiger partial charge in [-0.05, 0) is 42.3 Å². The van der Waals surface area contributed by atoms with Crippen LogP contribution in [0.15, 0.2) is 47.6 Å². The van der Waals surface area contributed by atoms with Crippen LogP contribution in [0.4, 0.5) is 5.69 Å². The van der Waals surface area contributed by atoms with Crippen molar-refractivity contribution in [1.29, 1.82) is 0 Å². The van der Waals surface area contributed by atoms with Gasteiger partial charge >= 0.3 is 0 Å². The van der Waals surface area contributed by atoms with E-state index in [0.29, 0.717) is 29.4 Å². The van der Waals surface area contributed by atoms with Crippen LogP contribution in [0, 0.1) is 0 Å². The number of amides is 1. The summed E-state index contributed by atoms with van der Waals surface area (Å²) in [6, 6.07) is 12.4. The second kappa shape index (κ2) is 10.9. The summed E-state index contributed by atoms with van der Waals surface area (Å²) in [6.45, 7) is 2.85. The highest BCUT2D eigenvalue weighted by Crippen LogP contribution is 2.27. The molecule has 0 bridgehead atoms. The number of rotatable bonds is 10. The van der Waals surface area contributed by atoms with Crippen molar-refractivity contribution >= 4 is 17.8 Å². The molecule has 6 nitrogen and oxygen atoms in total. The number of benzene rings is 2. The van der Waals surface area contributed by atoms with Crippen LogP contribution in [0.2, 0.25) is 0 Å². The molecule has 0 radical (unpaired) electrons. The SMILES string of the molecule is CCCCCCOc1ccc(/C=N\NC(=O)c2ccccc2N)cc1OC. The summed E-state index contributed by atoms with van der Waals surface area (Å²) in [5, 5.41) is 3.98. The van der Waals surface area contributed by atoms with Gasteiger partial charge in [0.05, 0.1) is 25.5 Å². The normalized spacial score (nSPS) is 10.7. The number of hydrogen-bond donors (Lipinski definition) is 2. The van der Waals surface area contributed by atoms with Gasteiger partial charge in [-0.25, -0.2) is 5.43 Å². The quantitative estimate of drug-likeness (QED) is 0.287. The Balaban J connectivity index is 1.93. The third kappa shape index (κ3) is 6.33. The van der Waals surface area contributed by atoms with Crippen molar-refractivity contribution in [2.75, 3.05) is 19.5 Å². The maximum Gasteiger partial charge on any atom is 0.273 e. The van der Waals surface area contributed by atoms with Crippen molar-refractivity contribution in [3.8, 4) is 11.5 Å². The van der Waals surface area contributed by atoms with E-state index in [2.05, 4.69) is 17.5 Å². The molecule has 0 fully saturated rings. The van der Waals surface area contributed by atoms with E-state index in [9.17, 15) is 4.79 Å². The predicted octanol–water partition coefficient (Wildman–Crippen LogP) is 4.00. The molecule has 27 heavy (non-hydrogen) atoms. The number of carbonyl (C=O) groups excluding carboxylic acids is 1. The number of unbranched alkanes of at least 4 members (excludes halogenated alkanes) is 3. The fourth-order valence-electron chi connectivity index (χ4n) is 2.52. The Bertz CT molecular complexity index is 775. The minimum Gasteiger partial charge on any atom is -0.493 e. The molecule has 3 N–H and O–H groups in total. The molecule has 2 aromatic carbocycles. The standard InChI is InChI=1S/C21H27N3O3/c1-3-4-5-8-13-27-19-12-11-16(14-20(19)26-2)15-23-24-21(25)17-9-6-7-10-18(17)22/h6-7,9-12,14-15H,3-5,8,13,22H2,1-2H3,(H,24,25)/b23-15-. The Morgan fingerprint density at radius 3 is 2.70 bits per heavy atom. The number of hydrazone groups is 1. The molecule has 2 rings (SSSR count). The number of nitrogen functional groups attached to an aromatic ring is 1. The van der Waals surface area contributed by atoms with Crippen molar-refractivity contribution in [3.05, 3.63) is 53.6 Å². The average Bonchev–Trinajstić information content (AvgIpc) is 2.68. The molecule has 0 atom stereocenters. The molecule has 0 aliphatic carbocycles. The lowest BCUT2D eigenvalue weighted by atomic mass is 10.2. The van der Waals surface area contributed by atoms with Crippen LogP contribution in [0.25, 0.3) is 0 Å². The second-order valence-corrected chi connectivity index (χ2v) is 6.11. The highest BCUT2D eigenvalue weighted by Gasteiger charge is 2.08. The Kier molecular flexibility index (Phi) is 8.16. The van der Waals surface area contributed by atoms with Crippen LogP contribution in [0.5, 0.6) is 11.5 Å². The zero-order valence-electron chi connectivity index (χ0n) is 15.9. The van der Waals surface area contributed by atoms with Gasteiger partial charge in [0.25, 0.3) is 5.91 Å². The van der Waals surface area contributed by atoms with E-state index in [1.165, 1.54) is 12.8 Å². The molecule has 0 aliphatic heterocycles. The molecule has 1 amide bonds. The van der Waals surface area contributed by atoms with Crippen LogP contribution < -0.4 is 20.6 Å². The molecule has 0 aromatic heterocycles. The molecule has 0 unspecified atom stereocenters. The molecule has 2 aromatic rings. The third-order valence-corrected chi connectivity index (χ3v) is 4.03. The molecular formula is C21H27N3O3. The molecule has 0 saturated carbocycles. The van der Waals surface area contributed by atoms with E-state index in [-0.39, 0.29) is 5.91 Å². The fraction of sp³-hybridized carbons (Fsp3) is 0.333. The molecule has 6 heteroatoms. The molecule has 144 valence electrons. The summed E-state index contributed by atoms with van der Waals surface area (Å²) in [7, 11) is 1.60. The van der Waals surface area contributed by atoms with Crippen molar-refractivity contribution in [1.82, 2.24) is 5.43 Å². The zero-order chi connectivity index (χ0) is 19.5. The van der Waals surface area contributed by atoms with Crippen LogP contribution >= 0.6 is 0 Å². The van der Waals surface area contributed by atoms with Crippen LogP contribution in [0.3, 0.4) is 0 Å². The van der Waals surface area contributed by atoms with Gasteiger partial charge in [-0.3, -0.25) is 4.79 Å². The number of carbonyl (C=O) groups is 1. The summed E-state index contributed by atoms with van der Waals surface area (Å²) in [5.74, 6) is 0.976. The monoisotopic (exact) mass is 369 g/mol. The first kappa shape index (κ1) is 20.3. The first-order valence-electron chi connectivity index (χ1n) is 9.14. The minimum absolute atomic E-state index is 0.358. The summed E-state index contributed by atoms with van der Waals surface area (Å²) < 4.78 is 11.2. The van der Waals surface area contributed by atoms with Gasteiger partial charge in [0.15, 0.2) is 11.5 Å². The van der Waals surface area contributed by atoms with Crippen molar-refractivity contribution < 1.29 is 14.3 Å². The minimum atomic E-state index is -0.358. The predicted molar refractivity (Wildman–Crippen MR) is 109 cm³/mol. The lowest BCUT2D eigenvalue weighted by Gasteiger charge is -2.11. The smallest absolute Gasteiger partial charge is 0.273 e. The molecule has 0 saturated heterocycles. The topological polar surface area (TPSA) is 85.9 Å². The number of nitrogens with zero attached hydrogens (tertiary/aromatic N) is 1. The first-order valence-corrected chi connectivity index (χ1v) is 9.14. The Morgan fingerprint density at radius 2 is 1.96 bits per heavy atom. The van der Waals surface area contributed by atoms with Crippen molar-refractivity contribution in [2.45, 2.75) is 32.6 Å². The highest BCUT2D eigenvalue weighted by molar-refractivity contribution is 5.99. The Hall–Kier alpha value is -3.02. The summed E-state index contributed by atoms with van der Waals surface area (Å²) in [4.78, 5) is 12.1. The van der Waals surface area contributed by atoms with Crippen LogP contribution in [-0.2, 0) is 0 Å². The lowest BCUT2D eigenvalue weighted by molar-refractivity contribution is 0.0956. The number of para-hydroxylation sites is 1. The van der Waals surface area contributed by atoms with Gasteiger partial charge in [0.1, 0.15) is 0 Å². The largest absolute Gasteiger partial charge is 0.493 e. The van der Waals surface area contributed by atoms with Gasteiger partial charge in [0, 0.05) is 5.69 Å². The zero-order valence-corrected chi connectivity index (χ0v) is 15.9. The van der Waals surface area contributed by atoms with E-state index >= 15 is 0 Å². The molecule has 0 aliphatic rings. The number of anilines is 1. The second-order valence-electron chi connectivity index (χ2n) is 6.11. The fourth-order valence-corrected chi connectivity index (χ4v) is 2.52. The maximum absolute atomic E-state index is 12.1. The van der Waals surface area contributed by atoms with E-state index in [4.69, 9.17) is 15.2 Å². The van der Waals surface area contributed by atoms with Gasteiger partial charge in [-0.1, -0.05) is 38.3 Å². The summed E-state index contributed by atoms with van der Waals surface area (Å²) >= 11 is 0. The number of methoxy groups -OCH3 is 1. The van der Waals surface area contributed by atoms with Crippen LogP contribution in [0.1, 0.15) is 48.5 Å². The van der Waals surface area contributed by atoms with Gasteiger partial charge < -0.3 is 15.2 Å².